The van der Waals surface area contributed by atoms with Crippen molar-refractivity contribution in [2.24, 2.45) is 11.8 Å². The van der Waals surface area contributed by atoms with E-state index in [1.54, 1.807) is 0 Å². The second kappa shape index (κ2) is 4.21. The van der Waals surface area contributed by atoms with Crippen molar-refractivity contribution in [1.29, 1.82) is 0 Å². The zero-order chi connectivity index (χ0) is 10.1. The van der Waals surface area contributed by atoms with Gasteiger partial charge in [0.15, 0.2) is 0 Å². The second-order valence-electron chi connectivity index (χ2n) is 4.56. The highest BCUT2D eigenvalue weighted by molar-refractivity contribution is 9.10. The molecule has 1 amide bonds. The number of likely N-dealkylation sites (tertiary alicyclic amines) is 1. The minimum Gasteiger partial charge on any atom is -0.341 e. The van der Waals surface area contributed by atoms with Crippen molar-refractivity contribution >= 4 is 21.8 Å². The second-order valence-corrected chi connectivity index (χ2v) is 5.66. The van der Waals surface area contributed by atoms with Gasteiger partial charge < -0.3 is 4.90 Å². The molecule has 0 bridgehead atoms. The topological polar surface area (TPSA) is 20.3 Å². The molecule has 80 valence electrons. The first-order chi connectivity index (χ1) is 6.72. The molecule has 1 saturated heterocycles. The van der Waals surface area contributed by atoms with Crippen LogP contribution in [0.5, 0.6) is 0 Å². The van der Waals surface area contributed by atoms with Crippen molar-refractivity contribution in [1.82, 2.24) is 4.90 Å². The summed E-state index contributed by atoms with van der Waals surface area (Å²) >= 11 is 3.45. The van der Waals surface area contributed by atoms with E-state index < -0.39 is 0 Å². The van der Waals surface area contributed by atoms with Crippen LogP contribution in [0.1, 0.15) is 32.6 Å². The summed E-state index contributed by atoms with van der Waals surface area (Å²) in [5.41, 5.74) is 0. The predicted octanol–water partition coefficient (Wildman–Crippen LogP) is 2.42. The lowest BCUT2D eigenvalue weighted by Crippen LogP contribution is -2.42. The van der Waals surface area contributed by atoms with Gasteiger partial charge >= 0.3 is 0 Å². The Balaban J connectivity index is 1.82. The number of piperidine rings is 1. The minimum absolute atomic E-state index is 0.0927. The summed E-state index contributed by atoms with van der Waals surface area (Å²) in [7, 11) is 0. The first-order valence-electron chi connectivity index (χ1n) is 5.65. The van der Waals surface area contributed by atoms with Gasteiger partial charge in [0.1, 0.15) is 0 Å². The summed E-state index contributed by atoms with van der Waals surface area (Å²) in [6.07, 6.45) is 4.79. The van der Waals surface area contributed by atoms with E-state index in [1.165, 1.54) is 12.8 Å². The van der Waals surface area contributed by atoms with Gasteiger partial charge in [-0.3, -0.25) is 4.79 Å². The van der Waals surface area contributed by atoms with E-state index in [0.717, 1.165) is 37.8 Å². The van der Waals surface area contributed by atoms with Crippen molar-refractivity contribution < 1.29 is 4.79 Å². The molecule has 0 aromatic rings. The van der Waals surface area contributed by atoms with E-state index in [2.05, 4.69) is 27.8 Å². The average molecular weight is 260 g/mol. The number of amides is 1. The highest BCUT2D eigenvalue weighted by Gasteiger charge is 2.38. The molecule has 1 aliphatic carbocycles. The molecule has 0 spiro atoms. The fraction of sp³-hybridized carbons (Fsp3) is 0.909. The Morgan fingerprint density at radius 1 is 1.50 bits per heavy atom. The Hall–Kier alpha value is -0.0500. The Bertz CT molecular complexity index is 231. The van der Waals surface area contributed by atoms with Crippen molar-refractivity contribution in [2.45, 2.75) is 37.4 Å². The molecular weight excluding hydrogens is 242 g/mol. The molecule has 14 heavy (non-hydrogen) atoms. The van der Waals surface area contributed by atoms with Crippen molar-refractivity contribution in [2.75, 3.05) is 13.1 Å². The Morgan fingerprint density at radius 2 is 2.29 bits per heavy atom. The lowest BCUT2D eigenvalue weighted by atomic mass is 10.1. The SMILES string of the molecule is CCC1CC1CN1CCCC(Br)C1=O. The molecule has 1 heterocycles. The van der Waals surface area contributed by atoms with Crippen LogP contribution < -0.4 is 0 Å². The molecule has 0 aromatic heterocycles. The van der Waals surface area contributed by atoms with Crippen LogP contribution in [0.4, 0.5) is 0 Å². The van der Waals surface area contributed by atoms with Crippen molar-refractivity contribution in [3.8, 4) is 0 Å². The van der Waals surface area contributed by atoms with Gasteiger partial charge in [-0.15, -0.1) is 0 Å². The maximum atomic E-state index is 11.8. The van der Waals surface area contributed by atoms with Crippen LogP contribution in [0.15, 0.2) is 0 Å². The van der Waals surface area contributed by atoms with Crippen LogP contribution in [-0.2, 0) is 4.79 Å². The standard InChI is InChI=1S/C11H18BrNO/c1-2-8-6-9(8)7-13-5-3-4-10(12)11(13)14/h8-10H,2-7H2,1H3. The number of hydrogen-bond donors (Lipinski definition) is 0. The van der Waals surface area contributed by atoms with E-state index in [4.69, 9.17) is 0 Å². The van der Waals surface area contributed by atoms with Gasteiger partial charge in [0.25, 0.3) is 0 Å². The zero-order valence-electron chi connectivity index (χ0n) is 8.71. The van der Waals surface area contributed by atoms with Crippen LogP contribution in [0.2, 0.25) is 0 Å². The van der Waals surface area contributed by atoms with Crippen molar-refractivity contribution in [3.63, 3.8) is 0 Å². The van der Waals surface area contributed by atoms with Gasteiger partial charge in [0, 0.05) is 13.1 Å². The van der Waals surface area contributed by atoms with Gasteiger partial charge in [-0.25, -0.2) is 0 Å². The summed E-state index contributed by atoms with van der Waals surface area (Å²) in [5.74, 6) is 2.03. The Labute approximate surface area is 94.2 Å². The number of carbonyl (C=O) groups is 1. The van der Waals surface area contributed by atoms with Crippen LogP contribution >= 0.6 is 15.9 Å². The smallest absolute Gasteiger partial charge is 0.236 e. The molecule has 1 saturated carbocycles. The third-order valence-electron chi connectivity index (χ3n) is 3.51. The van der Waals surface area contributed by atoms with E-state index in [1.807, 2.05) is 0 Å². The summed E-state index contributed by atoms with van der Waals surface area (Å²) in [5, 5.41) is 0. The van der Waals surface area contributed by atoms with E-state index in [9.17, 15) is 4.79 Å². The molecule has 3 unspecified atom stereocenters. The van der Waals surface area contributed by atoms with Gasteiger partial charge in [0.2, 0.25) is 5.91 Å². The third kappa shape index (κ3) is 2.13. The lowest BCUT2D eigenvalue weighted by molar-refractivity contribution is -0.132. The summed E-state index contributed by atoms with van der Waals surface area (Å²) < 4.78 is 0. The first-order valence-corrected chi connectivity index (χ1v) is 6.56. The summed E-state index contributed by atoms with van der Waals surface area (Å²) in [6, 6.07) is 0. The normalized spacial score (nSPS) is 37.4. The zero-order valence-corrected chi connectivity index (χ0v) is 10.3. The van der Waals surface area contributed by atoms with Crippen LogP contribution in [0.25, 0.3) is 0 Å². The molecule has 3 atom stereocenters. The first kappa shape index (κ1) is 10.5. The van der Waals surface area contributed by atoms with Crippen molar-refractivity contribution in [3.05, 3.63) is 0 Å². The maximum absolute atomic E-state index is 11.8. The van der Waals surface area contributed by atoms with Gasteiger partial charge in [-0.2, -0.15) is 0 Å². The Morgan fingerprint density at radius 3 is 2.93 bits per heavy atom. The molecule has 2 nitrogen and oxygen atoms in total. The molecule has 2 rings (SSSR count). The monoisotopic (exact) mass is 259 g/mol. The highest BCUT2D eigenvalue weighted by atomic mass is 79.9. The molecule has 0 radical (unpaired) electrons. The van der Waals surface area contributed by atoms with Crippen LogP contribution in [0.3, 0.4) is 0 Å². The average Bonchev–Trinajstić information content (AvgIpc) is 2.92. The summed E-state index contributed by atoms with van der Waals surface area (Å²) in [4.78, 5) is 13.9. The van der Waals surface area contributed by atoms with Crippen LogP contribution in [0, 0.1) is 11.8 Å². The van der Waals surface area contributed by atoms with E-state index in [-0.39, 0.29) is 4.83 Å². The fourth-order valence-corrected chi connectivity index (χ4v) is 3.00. The van der Waals surface area contributed by atoms with Gasteiger partial charge in [-0.1, -0.05) is 29.3 Å². The molecule has 0 N–H and O–H groups in total. The van der Waals surface area contributed by atoms with Gasteiger partial charge in [0.05, 0.1) is 4.83 Å². The molecule has 0 aromatic carbocycles. The molecule has 1 aliphatic heterocycles. The van der Waals surface area contributed by atoms with E-state index in [0.29, 0.717) is 5.91 Å². The fourth-order valence-electron chi connectivity index (χ4n) is 2.39. The predicted molar refractivity (Wildman–Crippen MR) is 60.4 cm³/mol. The third-order valence-corrected chi connectivity index (χ3v) is 4.36. The molecular formula is C11H18BrNO. The number of rotatable bonds is 3. The number of alkyl halides is 1. The molecule has 2 fully saturated rings. The number of nitrogens with zero attached hydrogens (tertiary/aromatic N) is 1. The number of hydrogen-bond acceptors (Lipinski definition) is 1. The highest BCUT2D eigenvalue weighted by Crippen LogP contribution is 2.41. The largest absolute Gasteiger partial charge is 0.341 e. The maximum Gasteiger partial charge on any atom is 0.236 e. The lowest BCUT2D eigenvalue weighted by Gasteiger charge is -2.29. The quantitative estimate of drug-likeness (QED) is 0.714. The molecule has 2 aliphatic rings. The summed E-state index contributed by atoms with van der Waals surface area (Å²) in [6.45, 7) is 4.24. The number of carbonyl (C=O) groups excluding carboxylic acids is 1. The van der Waals surface area contributed by atoms with E-state index >= 15 is 0 Å². The van der Waals surface area contributed by atoms with Gasteiger partial charge in [-0.05, 0) is 31.1 Å². The Kier molecular flexibility index (Phi) is 3.15. The minimum atomic E-state index is 0.0927. The van der Waals surface area contributed by atoms with Crippen LogP contribution in [-0.4, -0.2) is 28.7 Å². The number of halogens is 1. The molecule has 3 heteroatoms.